The second kappa shape index (κ2) is 5.33. The smallest absolute Gasteiger partial charge is 0.265 e. The number of nitrogens with one attached hydrogen (secondary N) is 2. The molecule has 2 heterocycles. The van der Waals surface area contributed by atoms with Crippen molar-refractivity contribution in [3.8, 4) is 0 Å². The third-order valence-corrected chi connectivity index (χ3v) is 5.88. The highest BCUT2D eigenvalue weighted by Gasteiger charge is 2.28. The van der Waals surface area contributed by atoms with Crippen molar-refractivity contribution < 1.29 is 13.2 Å². The van der Waals surface area contributed by atoms with Crippen molar-refractivity contribution in [2.75, 3.05) is 36.1 Å². The first kappa shape index (κ1) is 14.1. The quantitative estimate of drug-likeness (QED) is 0.717. The number of carbonyl (C=O) groups excluding carboxylic acids is 1. The fraction of sp³-hybridized carbons (Fsp3) is 0.600. The van der Waals surface area contributed by atoms with E-state index in [1.54, 1.807) is 7.05 Å². The summed E-state index contributed by atoms with van der Waals surface area (Å²) in [7, 11) is -1.21. The van der Waals surface area contributed by atoms with E-state index in [0.29, 0.717) is 23.0 Å². The average molecular weight is 304 g/mol. The van der Waals surface area contributed by atoms with E-state index in [9.17, 15) is 13.2 Å². The number of thiazole rings is 1. The van der Waals surface area contributed by atoms with Gasteiger partial charge in [-0.3, -0.25) is 4.79 Å². The second-order valence-corrected chi connectivity index (χ2v) is 7.69. The Hall–Kier alpha value is -1.35. The van der Waals surface area contributed by atoms with Crippen LogP contribution in [-0.4, -0.2) is 44.4 Å². The van der Waals surface area contributed by atoms with Gasteiger partial charge in [0.2, 0.25) is 0 Å². The zero-order valence-electron chi connectivity index (χ0n) is 10.5. The van der Waals surface area contributed by atoms with Gasteiger partial charge in [0.25, 0.3) is 5.91 Å². The van der Waals surface area contributed by atoms with E-state index in [-0.39, 0.29) is 29.1 Å². The van der Waals surface area contributed by atoms with Crippen LogP contribution in [0.1, 0.15) is 16.1 Å². The van der Waals surface area contributed by atoms with Crippen LogP contribution in [0.5, 0.6) is 0 Å². The number of sulfone groups is 1. The van der Waals surface area contributed by atoms with Crippen molar-refractivity contribution in [2.24, 2.45) is 5.92 Å². The molecule has 1 amide bonds. The number of carbonyl (C=O) groups is 1. The van der Waals surface area contributed by atoms with Gasteiger partial charge in [-0.25, -0.2) is 13.4 Å². The molecule has 1 atom stereocenters. The topological polar surface area (TPSA) is 114 Å². The van der Waals surface area contributed by atoms with Gasteiger partial charge in [0.15, 0.2) is 15.0 Å². The van der Waals surface area contributed by atoms with Crippen molar-refractivity contribution >= 4 is 38.0 Å². The van der Waals surface area contributed by atoms with Crippen LogP contribution >= 0.6 is 11.3 Å². The van der Waals surface area contributed by atoms with Gasteiger partial charge in [0.05, 0.1) is 11.5 Å². The van der Waals surface area contributed by atoms with Gasteiger partial charge in [-0.05, 0) is 12.3 Å². The number of aromatic nitrogens is 1. The molecular weight excluding hydrogens is 288 g/mol. The molecule has 0 bridgehead atoms. The SMILES string of the molecule is CNc1nc(N)c(C(=O)NCC2CCS(=O)(=O)C2)s1. The Kier molecular flexibility index (Phi) is 3.95. The summed E-state index contributed by atoms with van der Waals surface area (Å²) in [4.78, 5) is 16.2. The molecule has 4 N–H and O–H groups in total. The number of amides is 1. The molecule has 0 aromatic carbocycles. The third kappa shape index (κ3) is 3.35. The molecule has 1 unspecified atom stereocenters. The Morgan fingerprint density at radius 3 is 2.84 bits per heavy atom. The largest absolute Gasteiger partial charge is 0.382 e. The molecule has 7 nitrogen and oxygen atoms in total. The summed E-state index contributed by atoms with van der Waals surface area (Å²) in [6, 6.07) is 0. The molecule has 1 aliphatic heterocycles. The number of nitrogens with two attached hydrogens (primary N) is 1. The number of hydrogen-bond acceptors (Lipinski definition) is 7. The van der Waals surface area contributed by atoms with E-state index in [4.69, 9.17) is 5.73 Å². The van der Waals surface area contributed by atoms with Crippen LogP contribution < -0.4 is 16.4 Å². The zero-order valence-corrected chi connectivity index (χ0v) is 12.1. The molecule has 9 heteroatoms. The molecule has 1 aromatic heterocycles. The maximum absolute atomic E-state index is 11.9. The lowest BCUT2D eigenvalue weighted by Crippen LogP contribution is -2.29. The lowest BCUT2D eigenvalue weighted by Gasteiger charge is -2.08. The fourth-order valence-electron chi connectivity index (χ4n) is 1.95. The lowest BCUT2D eigenvalue weighted by molar-refractivity contribution is 0.0953. The first-order chi connectivity index (χ1) is 8.91. The molecule has 0 aliphatic carbocycles. The molecule has 0 saturated carbocycles. The van der Waals surface area contributed by atoms with Gasteiger partial charge in [-0.2, -0.15) is 0 Å². The predicted octanol–water partition coefficient (Wildman–Crippen LogP) is -0.0685. The van der Waals surface area contributed by atoms with Gasteiger partial charge >= 0.3 is 0 Å². The highest BCUT2D eigenvalue weighted by atomic mass is 32.2. The molecule has 19 heavy (non-hydrogen) atoms. The molecule has 1 aliphatic rings. The summed E-state index contributed by atoms with van der Waals surface area (Å²) < 4.78 is 22.6. The number of nitrogens with zero attached hydrogens (tertiary/aromatic N) is 1. The van der Waals surface area contributed by atoms with Gasteiger partial charge < -0.3 is 16.4 Å². The van der Waals surface area contributed by atoms with Crippen LogP contribution in [0.15, 0.2) is 0 Å². The summed E-state index contributed by atoms with van der Waals surface area (Å²) in [6.07, 6.45) is 0.600. The Bertz CT molecular complexity index is 582. The lowest BCUT2D eigenvalue weighted by atomic mass is 10.1. The third-order valence-electron chi connectivity index (χ3n) is 2.95. The van der Waals surface area contributed by atoms with E-state index < -0.39 is 9.84 Å². The summed E-state index contributed by atoms with van der Waals surface area (Å²) in [5.74, 6) is 0.228. The molecule has 2 rings (SSSR count). The Labute approximate surface area is 115 Å². The monoisotopic (exact) mass is 304 g/mol. The van der Waals surface area contributed by atoms with Gasteiger partial charge in [-0.1, -0.05) is 11.3 Å². The minimum Gasteiger partial charge on any atom is -0.382 e. The predicted molar refractivity (Wildman–Crippen MR) is 75.2 cm³/mol. The molecule has 1 saturated heterocycles. The molecule has 0 spiro atoms. The first-order valence-corrected chi connectivity index (χ1v) is 8.48. The van der Waals surface area contributed by atoms with Crippen LogP contribution in [0.25, 0.3) is 0 Å². The van der Waals surface area contributed by atoms with Crippen molar-refractivity contribution in [1.29, 1.82) is 0 Å². The van der Waals surface area contributed by atoms with E-state index in [1.165, 1.54) is 11.3 Å². The van der Waals surface area contributed by atoms with Crippen LogP contribution in [0.2, 0.25) is 0 Å². The first-order valence-electron chi connectivity index (χ1n) is 5.84. The Morgan fingerprint density at radius 1 is 1.58 bits per heavy atom. The van der Waals surface area contributed by atoms with Crippen LogP contribution in [-0.2, 0) is 9.84 Å². The summed E-state index contributed by atoms with van der Waals surface area (Å²) in [5, 5.41) is 6.11. The second-order valence-electron chi connectivity index (χ2n) is 4.46. The van der Waals surface area contributed by atoms with E-state index in [0.717, 1.165) is 0 Å². The standard InChI is InChI=1S/C10H16N4O3S2/c1-12-10-14-8(11)7(18-10)9(15)13-4-6-2-3-19(16,17)5-6/h6H,2-5,11H2,1H3,(H,12,14)(H,13,15). The number of nitrogen functional groups attached to an aromatic ring is 1. The van der Waals surface area contributed by atoms with Crippen LogP contribution in [0.4, 0.5) is 10.9 Å². The number of hydrogen-bond donors (Lipinski definition) is 3. The van der Waals surface area contributed by atoms with E-state index in [1.807, 2.05) is 0 Å². The van der Waals surface area contributed by atoms with Gasteiger partial charge in [0.1, 0.15) is 10.7 Å². The molecule has 0 radical (unpaired) electrons. The number of rotatable bonds is 4. The van der Waals surface area contributed by atoms with Gasteiger partial charge in [0, 0.05) is 13.6 Å². The summed E-state index contributed by atoms with van der Waals surface area (Å²) >= 11 is 1.17. The van der Waals surface area contributed by atoms with Gasteiger partial charge in [-0.15, -0.1) is 0 Å². The normalized spacial score (nSPS) is 21.2. The number of anilines is 2. The maximum atomic E-state index is 11.9. The van der Waals surface area contributed by atoms with Crippen molar-refractivity contribution in [3.05, 3.63) is 4.88 Å². The molecule has 1 fully saturated rings. The van der Waals surface area contributed by atoms with Crippen LogP contribution in [0, 0.1) is 5.92 Å². The van der Waals surface area contributed by atoms with E-state index in [2.05, 4.69) is 15.6 Å². The van der Waals surface area contributed by atoms with Crippen LogP contribution in [0.3, 0.4) is 0 Å². The van der Waals surface area contributed by atoms with Crippen molar-refractivity contribution in [1.82, 2.24) is 10.3 Å². The summed E-state index contributed by atoms with van der Waals surface area (Å²) in [6.45, 7) is 0.351. The minimum atomic E-state index is -2.91. The molecule has 106 valence electrons. The summed E-state index contributed by atoms with van der Waals surface area (Å²) in [5.41, 5.74) is 5.65. The minimum absolute atomic E-state index is 0.00753. The zero-order chi connectivity index (χ0) is 14.0. The average Bonchev–Trinajstić information content (AvgIpc) is 2.89. The molecule has 1 aromatic rings. The van der Waals surface area contributed by atoms with Crippen molar-refractivity contribution in [2.45, 2.75) is 6.42 Å². The highest BCUT2D eigenvalue weighted by molar-refractivity contribution is 7.91. The Morgan fingerprint density at radius 2 is 2.32 bits per heavy atom. The fourth-order valence-corrected chi connectivity index (χ4v) is 4.57. The highest BCUT2D eigenvalue weighted by Crippen LogP contribution is 2.24. The Balaban J connectivity index is 1.93. The molecular formula is C10H16N4O3S2. The van der Waals surface area contributed by atoms with E-state index >= 15 is 0 Å². The maximum Gasteiger partial charge on any atom is 0.265 e. The van der Waals surface area contributed by atoms with Crippen molar-refractivity contribution in [3.63, 3.8) is 0 Å².